The van der Waals surface area contributed by atoms with Crippen LogP contribution in [0.1, 0.15) is 54.9 Å². The fraction of sp³-hybridized carbons (Fsp3) is 0.588. The zero-order chi connectivity index (χ0) is 14.1. The maximum atomic E-state index is 11.1. The topological polar surface area (TPSA) is 40.5 Å². The molecule has 0 bridgehead atoms. The highest BCUT2D eigenvalue weighted by molar-refractivity contribution is 5.88. The highest BCUT2D eigenvalue weighted by Gasteiger charge is 2.30. The second-order valence-corrected chi connectivity index (χ2v) is 6.19. The molecule has 20 heavy (non-hydrogen) atoms. The molecule has 0 aromatic heterocycles. The number of carboxylic acids is 1. The van der Waals surface area contributed by atoms with Crippen molar-refractivity contribution in [2.45, 2.75) is 51.5 Å². The molecular formula is C17H23NO2. The Balaban J connectivity index is 1.80. The SMILES string of the molecule is CCC1CCCC(N2CCc3cc(C(=O)O)ccc32)C1. The van der Waals surface area contributed by atoms with Gasteiger partial charge in [0.1, 0.15) is 0 Å². The van der Waals surface area contributed by atoms with Gasteiger partial charge in [-0.25, -0.2) is 4.79 Å². The first-order chi connectivity index (χ1) is 9.69. The average Bonchev–Trinajstić information content (AvgIpc) is 2.90. The van der Waals surface area contributed by atoms with Crippen molar-refractivity contribution in [3.63, 3.8) is 0 Å². The number of hydrogen-bond donors (Lipinski definition) is 1. The Labute approximate surface area is 120 Å². The van der Waals surface area contributed by atoms with Crippen LogP contribution in [0.15, 0.2) is 18.2 Å². The van der Waals surface area contributed by atoms with E-state index in [2.05, 4.69) is 11.8 Å². The van der Waals surface area contributed by atoms with Crippen LogP contribution in [-0.2, 0) is 6.42 Å². The molecule has 1 aliphatic heterocycles. The summed E-state index contributed by atoms with van der Waals surface area (Å²) in [4.78, 5) is 13.6. The first-order valence-corrected chi connectivity index (χ1v) is 7.82. The third-order valence-corrected chi connectivity index (χ3v) is 5.03. The van der Waals surface area contributed by atoms with Gasteiger partial charge in [-0.05, 0) is 48.9 Å². The Bertz CT molecular complexity index is 512. The van der Waals surface area contributed by atoms with Gasteiger partial charge in [-0.15, -0.1) is 0 Å². The number of rotatable bonds is 3. The number of hydrogen-bond acceptors (Lipinski definition) is 2. The molecule has 1 aliphatic carbocycles. The predicted octanol–water partition coefficient (Wildman–Crippen LogP) is 3.72. The summed E-state index contributed by atoms with van der Waals surface area (Å²) in [5, 5.41) is 9.08. The smallest absolute Gasteiger partial charge is 0.335 e. The van der Waals surface area contributed by atoms with Gasteiger partial charge >= 0.3 is 5.97 Å². The van der Waals surface area contributed by atoms with E-state index in [0.717, 1.165) is 18.9 Å². The molecule has 1 aromatic rings. The molecule has 1 saturated carbocycles. The zero-order valence-electron chi connectivity index (χ0n) is 12.1. The third-order valence-electron chi connectivity index (χ3n) is 5.03. The number of fused-ring (bicyclic) bond motifs is 1. The quantitative estimate of drug-likeness (QED) is 0.912. The van der Waals surface area contributed by atoms with E-state index in [0.29, 0.717) is 11.6 Å². The number of carbonyl (C=O) groups is 1. The Morgan fingerprint density at radius 1 is 1.40 bits per heavy atom. The summed E-state index contributed by atoms with van der Waals surface area (Å²) in [5.41, 5.74) is 2.90. The van der Waals surface area contributed by atoms with Crippen LogP contribution < -0.4 is 4.90 Å². The minimum absolute atomic E-state index is 0.417. The minimum Gasteiger partial charge on any atom is -0.478 e. The van der Waals surface area contributed by atoms with Crippen molar-refractivity contribution in [3.8, 4) is 0 Å². The minimum atomic E-state index is -0.824. The molecule has 0 spiro atoms. The normalized spacial score (nSPS) is 25.6. The van der Waals surface area contributed by atoms with Crippen molar-refractivity contribution in [2.75, 3.05) is 11.4 Å². The van der Waals surface area contributed by atoms with Crippen molar-refractivity contribution in [2.24, 2.45) is 5.92 Å². The van der Waals surface area contributed by atoms with Crippen LogP contribution >= 0.6 is 0 Å². The molecule has 2 atom stereocenters. The van der Waals surface area contributed by atoms with Gasteiger partial charge in [-0.2, -0.15) is 0 Å². The summed E-state index contributed by atoms with van der Waals surface area (Å²) < 4.78 is 0. The van der Waals surface area contributed by atoms with Gasteiger partial charge in [-0.1, -0.05) is 26.2 Å². The highest BCUT2D eigenvalue weighted by Crippen LogP contribution is 2.37. The van der Waals surface area contributed by atoms with Gasteiger partial charge < -0.3 is 10.0 Å². The standard InChI is InChI=1S/C17H23NO2/c1-2-12-4-3-5-15(10-12)18-9-8-13-11-14(17(19)20)6-7-16(13)18/h6-7,11-12,15H,2-5,8-10H2,1H3,(H,19,20). The van der Waals surface area contributed by atoms with Crippen LogP contribution in [0.5, 0.6) is 0 Å². The first kappa shape index (κ1) is 13.5. The molecule has 1 N–H and O–H groups in total. The molecule has 1 aromatic carbocycles. The third kappa shape index (κ3) is 2.41. The zero-order valence-corrected chi connectivity index (χ0v) is 12.1. The molecule has 3 nitrogen and oxygen atoms in total. The number of aromatic carboxylic acids is 1. The van der Waals surface area contributed by atoms with Crippen LogP contribution in [-0.4, -0.2) is 23.7 Å². The van der Waals surface area contributed by atoms with Gasteiger partial charge in [0.25, 0.3) is 0 Å². The Hall–Kier alpha value is -1.51. The van der Waals surface area contributed by atoms with Gasteiger partial charge in [0.2, 0.25) is 0 Å². The van der Waals surface area contributed by atoms with E-state index in [9.17, 15) is 4.79 Å². The van der Waals surface area contributed by atoms with Crippen LogP contribution in [0.3, 0.4) is 0 Å². The largest absolute Gasteiger partial charge is 0.478 e. The Morgan fingerprint density at radius 3 is 3.00 bits per heavy atom. The number of nitrogens with zero attached hydrogens (tertiary/aromatic N) is 1. The number of benzene rings is 1. The monoisotopic (exact) mass is 273 g/mol. The van der Waals surface area contributed by atoms with Gasteiger partial charge in [0, 0.05) is 18.3 Å². The first-order valence-electron chi connectivity index (χ1n) is 7.82. The summed E-state index contributed by atoms with van der Waals surface area (Å²) in [5.74, 6) is 0.0473. The van der Waals surface area contributed by atoms with Crippen molar-refractivity contribution >= 4 is 11.7 Å². The van der Waals surface area contributed by atoms with E-state index in [4.69, 9.17) is 5.11 Å². The maximum Gasteiger partial charge on any atom is 0.335 e. The molecule has 2 unspecified atom stereocenters. The van der Waals surface area contributed by atoms with E-state index in [1.54, 1.807) is 6.07 Å². The van der Waals surface area contributed by atoms with Crippen molar-refractivity contribution in [1.82, 2.24) is 0 Å². The van der Waals surface area contributed by atoms with Crippen LogP contribution in [0.25, 0.3) is 0 Å². The lowest BCUT2D eigenvalue weighted by molar-refractivity contribution is 0.0697. The van der Waals surface area contributed by atoms with E-state index in [1.807, 2.05) is 12.1 Å². The van der Waals surface area contributed by atoms with Crippen LogP contribution in [0.2, 0.25) is 0 Å². The molecule has 0 radical (unpaired) electrons. The van der Waals surface area contributed by atoms with E-state index in [-0.39, 0.29) is 0 Å². The van der Waals surface area contributed by atoms with Gasteiger partial charge in [0.05, 0.1) is 5.56 Å². The fourth-order valence-corrected chi connectivity index (χ4v) is 3.86. The summed E-state index contributed by atoms with van der Waals surface area (Å²) in [6.45, 7) is 3.35. The van der Waals surface area contributed by atoms with Crippen molar-refractivity contribution in [1.29, 1.82) is 0 Å². The van der Waals surface area contributed by atoms with Crippen LogP contribution in [0, 0.1) is 5.92 Å². The molecule has 108 valence electrons. The molecule has 3 rings (SSSR count). The van der Waals surface area contributed by atoms with Crippen molar-refractivity contribution < 1.29 is 9.90 Å². The molecular weight excluding hydrogens is 250 g/mol. The molecule has 0 amide bonds. The summed E-state index contributed by atoms with van der Waals surface area (Å²) in [7, 11) is 0. The van der Waals surface area contributed by atoms with E-state index < -0.39 is 5.97 Å². The predicted molar refractivity (Wildman–Crippen MR) is 80.5 cm³/mol. The average molecular weight is 273 g/mol. The molecule has 0 saturated heterocycles. The fourth-order valence-electron chi connectivity index (χ4n) is 3.86. The Kier molecular flexibility index (Phi) is 3.68. The summed E-state index contributed by atoms with van der Waals surface area (Å²) in [6, 6.07) is 6.28. The van der Waals surface area contributed by atoms with Crippen molar-refractivity contribution in [3.05, 3.63) is 29.3 Å². The molecule has 3 heteroatoms. The number of anilines is 1. The molecule has 1 heterocycles. The second-order valence-electron chi connectivity index (χ2n) is 6.19. The summed E-state index contributed by atoms with van der Waals surface area (Å²) in [6.07, 6.45) is 7.58. The lowest BCUT2D eigenvalue weighted by Crippen LogP contribution is -2.37. The van der Waals surface area contributed by atoms with Crippen LogP contribution in [0.4, 0.5) is 5.69 Å². The van der Waals surface area contributed by atoms with E-state index >= 15 is 0 Å². The Morgan fingerprint density at radius 2 is 2.25 bits per heavy atom. The summed E-state index contributed by atoms with van der Waals surface area (Å²) >= 11 is 0. The molecule has 2 aliphatic rings. The lowest BCUT2D eigenvalue weighted by atomic mass is 9.83. The van der Waals surface area contributed by atoms with E-state index in [1.165, 1.54) is 43.4 Å². The number of carboxylic acid groups (broad SMARTS) is 1. The highest BCUT2D eigenvalue weighted by atomic mass is 16.4. The van der Waals surface area contributed by atoms with Gasteiger partial charge in [-0.3, -0.25) is 0 Å². The maximum absolute atomic E-state index is 11.1. The molecule has 1 fully saturated rings. The second kappa shape index (κ2) is 5.47. The lowest BCUT2D eigenvalue weighted by Gasteiger charge is -2.36. The van der Waals surface area contributed by atoms with Gasteiger partial charge in [0.15, 0.2) is 0 Å².